The van der Waals surface area contributed by atoms with Gasteiger partial charge in [0.15, 0.2) is 0 Å². The zero-order valence-corrected chi connectivity index (χ0v) is 11.1. The van der Waals surface area contributed by atoms with E-state index in [1.54, 1.807) is 12.1 Å². The second kappa shape index (κ2) is 5.24. The van der Waals surface area contributed by atoms with E-state index in [9.17, 15) is 12.8 Å². The SMILES string of the molecule is CS(=O)(=O)NC[C@@H]1CCN(c2ccc(F)cc2)C1. The lowest BCUT2D eigenvalue weighted by atomic mass is 10.1. The maximum absolute atomic E-state index is 12.8. The first-order chi connectivity index (χ1) is 8.44. The summed E-state index contributed by atoms with van der Waals surface area (Å²) in [7, 11) is -3.12. The predicted molar refractivity (Wildman–Crippen MR) is 69.6 cm³/mol. The van der Waals surface area contributed by atoms with Crippen molar-refractivity contribution in [2.24, 2.45) is 5.92 Å². The van der Waals surface area contributed by atoms with Crippen LogP contribution in [0, 0.1) is 11.7 Å². The van der Waals surface area contributed by atoms with E-state index in [0.717, 1.165) is 25.2 Å². The standard InChI is InChI=1S/C12H17FN2O2S/c1-18(16,17)14-8-10-6-7-15(9-10)12-4-2-11(13)3-5-12/h2-5,10,14H,6-9H2,1H3/t10-/m0/s1. The van der Waals surface area contributed by atoms with Gasteiger partial charge in [0.2, 0.25) is 10.0 Å². The molecule has 0 aromatic heterocycles. The quantitative estimate of drug-likeness (QED) is 0.896. The minimum atomic E-state index is -3.12. The number of benzene rings is 1. The fourth-order valence-corrected chi connectivity index (χ4v) is 2.69. The fourth-order valence-electron chi connectivity index (χ4n) is 2.15. The molecule has 1 aliphatic rings. The number of halogens is 1. The topological polar surface area (TPSA) is 49.4 Å². The molecule has 6 heteroatoms. The molecule has 4 nitrogen and oxygen atoms in total. The number of nitrogens with zero attached hydrogens (tertiary/aromatic N) is 1. The van der Waals surface area contributed by atoms with Crippen molar-refractivity contribution < 1.29 is 12.8 Å². The van der Waals surface area contributed by atoms with Crippen LogP contribution in [-0.4, -0.2) is 34.3 Å². The van der Waals surface area contributed by atoms with Gasteiger partial charge in [0.25, 0.3) is 0 Å². The van der Waals surface area contributed by atoms with E-state index in [-0.39, 0.29) is 5.82 Å². The van der Waals surface area contributed by atoms with Crippen LogP contribution in [0.5, 0.6) is 0 Å². The summed E-state index contributed by atoms with van der Waals surface area (Å²) >= 11 is 0. The summed E-state index contributed by atoms with van der Waals surface area (Å²) in [6.45, 7) is 2.15. The number of rotatable bonds is 4. The van der Waals surface area contributed by atoms with E-state index in [1.165, 1.54) is 18.4 Å². The summed E-state index contributed by atoms with van der Waals surface area (Å²) in [6, 6.07) is 6.39. The number of anilines is 1. The van der Waals surface area contributed by atoms with Crippen LogP contribution in [0.2, 0.25) is 0 Å². The Morgan fingerprint density at radius 1 is 1.39 bits per heavy atom. The van der Waals surface area contributed by atoms with Crippen molar-refractivity contribution in [3.05, 3.63) is 30.1 Å². The molecule has 2 rings (SSSR count). The summed E-state index contributed by atoms with van der Waals surface area (Å²) in [5.41, 5.74) is 0.984. The van der Waals surface area contributed by atoms with Crippen LogP contribution in [0.25, 0.3) is 0 Å². The summed E-state index contributed by atoms with van der Waals surface area (Å²) in [6.07, 6.45) is 2.11. The van der Waals surface area contributed by atoms with E-state index in [4.69, 9.17) is 0 Å². The Morgan fingerprint density at radius 2 is 2.06 bits per heavy atom. The van der Waals surface area contributed by atoms with Crippen LogP contribution in [-0.2, 0) is 10.0 Å². The first kappa shape index (κ1) is 13.3. The molecule has 0 spiro atoms. The fraction of sp³-hybridized carbons (Fsp3) is 0.500. The van der Waals surface area contributed by atoms with E-state index < -0.39 is 10.0 Å². The van der Waals surface area contributed by atoms with Crippen LogP contribution >= 0.6 is 0 Å². The molecule has 0 saturated carbocycles. The Bertz CT molecular complexity index is 501. The van der Waals surface area contributed by atoms with Gasteiger partial charge < -0.3 is 4.90 Å². The Morgan fingerprint density at radius 3 is 2.67 bits per heavy atom. The maximum atomic E-state index is 12.8. The summed E-state index contributed by atoms with van der Waals surface area (Å²) in [4.78, 5) is 2.15. The molecule has 0 unspecified atom stereocenters. The van der Waals surface area contributed by atoms with Crippen molar-refractivity contribution in [3.63, 3.8) is 0 Å². The van der Waals surface area contributed by atoms with Gasteiger partial charge in [-0.3, -0.25) is 0 Å². The zero-order chi connectivity index (χ0) is 13.2. The molecular weight excluding hydrogens is 255 g/mol. The third-order valence-corrected chi connectivity index (χ3v) is 3.80. The molecule has 1 atom stereocenters. The molecular formula is C12H17FN2O2S. The largest absolute Gasteiger partial charge is 0.371 e. The summed E-state index contributed by atoms with van der Waals surface area (Å²) in [5.74, 6) is 0.0676. The van der Waals surface area contributed by atoms with Crippen LogP contribution in [0.1, 0.15) is 6.42 Å². The smallest absolute Gasteiger partial charge is 0.208 e. The van der Waals surface area contributed by atoms with Crippen LogP contribution in [0.3, 0.4) is 0 Å². The molecule has 1 heterocycles. The highest BCUT2D eigenvalue weighted by molar-refractivity contribution is 7.88. The average molecular weight is 272 g/mol. The number of nitrogens with one attached hydrogen (secondary N) is 1. The van der Waals surface area contributed by atoms with Crippen LogP contribution in [0.15, 0.2) is 24.3 Å². The Kier molecular flexibility index (Phi) is 3.87. The molecule has 100 valence electrons. The van der Waals surface area contributed by atoms with Crippen molar-refractivity contribution in [2.75, 3.05) is 30.8 Å². The molecule has 1 aromatic rings. The Hall–Kier alpha value is -1.14. The second-order valence-electron chi connectivity index (χ2n) is 4.70. The van der Waals surface area contributed by atoms with E-state index in [2.05, 4.69) is 9.62 Å². The van der Waals surface area contributed by atoms with E-state index in [1.807, 2.05) is 0 Å². The average Bonchev–Trinajstić information content (AvgIpc) is 2.75. The highest BCUT2D eigenvalue weighted by atomic mass is 32.2. The lowest BCUT2D eigenvalue weighted by molar-refractivity contribution is 0.545. The van der Waals surface area contributed by atoms with Gasteiger partial charge in [0, 0.05) is 25.3 Å². The zero-order valence-electron chi connectivity index (χ0n) is 10.3. The number of hydrogen-bond acceptors (Lipinski definition) is 3. The van der Waals surface area contributed by atoms with Crippen molar-refractivity contribution in [3.8, 4) is 0 Å². The molecule has 1 aromatic carbocycles. The highest BCUT2D eigenvalue weighted by Gasteiger charge is 2.23. The van der Waals surface area contributed by atoms with Gasteiger partial charge in [-0.2, -0.15) is 0 Å². The lowest BCUT2D eigenvalue weighted by Crippen LogP contribution is -2.30. The van der Waals surface area contributed by atoms with E-state index in [0.29, 0.717) is 12.5 Å². The number of sulfonamides is 1. The predicted octanol–water partition coefficient (Wildman–Crippen LogP) is 1.20. The Balaban J connectivity index is 1.90. The first-order valence-corrected chi connectivity index (χ1v) is 7.78. The van der Waals surface area contributed by atoms with Gasteiger partial charge >= 0.3 is 0 Å². The lowest BCUT2D eigenvalue weighted by Gasteiger charge is -2.18. The molecule has 1 N–H and O–H groups in total. The van der Waals surface area contributed by atoms with Crippen molar-refractivity contribution in [1.82, 2.24) is 4.72 Å². The molecule has 1 saturated heterocycles. The first-order valence-electron chi connectivity index (χ1n) is 5.89. The number of hydrogen-bond donors (Lipinski definition) is 1. The van der Waals surface area contributed by atoms with Crippen LogP contribution in [0.4, 0.5) is 10.1 Å². The van der Waals surface area contributed by atoms with Gasteiger partial charge in [-0.05, 0) is 36.6 Å². The molecule has 1 aliphatic heterocycles. The summed E-state index contributed by atoms with van der Waals surface area (Å²) < 4.78 is 37.4. The third kappa shape index (κ3) is 3.68. The van der Waals surface area contributed by atoms with Crippen LogP contribution < -0.4 is 9.62 Å². The third-order valence-electron chi connectivity index (χ3n) is 3.11. The van der Waals surface area contributed by atoms with Gasteiger partial charge in [-0.15, -0.1) is 0 Å². The van der Waals surface area contributed by atoms with Crippen molar-refractivity contribution in [2.45, 2.75) is 6.42 Å². The molecule has 0 aliphatic carbocycles. The van der Waals surface area contributed by atoms with Gasteiger partial charge in [-0.25, -0.2) is 17.5 Å². The van der Waals surface area contributed by atoms with Crippen molar-refractivity contribution in [1.29, 1.82) is 0 Å². The molecule has 0 radical (unpaired) electrons. The molecule has 1 fully saturated rings. The molecule has 0 amide bonds. The normalized spacial score (nSPS) is 20.3. The molecule has 18 heavy (non-hydrogen) atoms. The van der Waals surface area contributed by atoms with Crippen molar-refractivity contribution >= 4 is 15.7 Å². The second-order valence-corrected chi connectivity index (χ2v) is 6.53. The van der Waals surface area contributed by atoms with E-state index >= 15 is 0 Å². The highest BCUT2D eigenvalue weighted by Crippen LogP contribution is 2.23. The van der Waals surface area contributed by atoms with Gasteiger partial charge in [0.1, 0.15) is 5.82 Å². The maximum Gasteiger partial charge on any atom is 0.208 e. The Labute approximate surface area is 107 Å². The minimum Gasteiger partial charge on any atom is -0.371 e. The van der Waals surface area contributed by atoms with Gasteiger partial charge in [-0.1, -0.05) is 0 Å². The molecule has 0 bridgehead atoms. The minimum absolute atomic E-state index is 0.242. The monoisotopic (exact) mass is 272 g/mol. The van der Waals surface area contributed by atoms with Gasteiger partial charge in [0.05, 0.1) is 6.26 Å². The summed E-state index contributed by atoms with van der Waals surface area (Å²) in [5, 5.41) is 0.